The maximum absolute atomic E-state index is 12.3. The minimum absolute atomic E-state index is 0.242. The van der Waals surface area contributed by atoms with E-state index >= 15 is 0 Å². The van der Waals surface area contributed by atoms with E-state index < -0.39 is 17.2 Å². The number of carbonyl (C=O) groups excluding carboxylic acids is 3. The van der Waals surface area contributed by atoms with Gasteiger partial charge in [0.2, 0.25) is 0 Å². The van der Waals surface area contributed by atoms with Crippen molar-refractivity contribution in [1.82, 2.24) is 15.1 Å². The van der Waals surface area contributed by atoms with Gasteiger partial charge >= 0.3 is 12.1 Å². The molecule has 0 radical (unpaired) electrons. The summed E-state index contributed by atoms with van der Waals surface area (Å²) in [6.45, 7) is 9.71. The molecule has 0 saturated carbocycles. The van der Waals surface area contributed by atoms with Gasteiger partial charge in [-0.2, -0.15) is 0 Å². The van der Waals surface area contributed by atoms with E-state index in [1.54, 1.807) is 18.7 Å². The molecular formula is C15H25N3O4. The molecule has 0 aromatic carbocycles. The summed E-state index contributed by atoms with van der Waals surface area (Å²) in [4.78, 5) is 39.4. The van der Waals surface area contributed by atoms with Gasteiger partial charge in [-0.25, -0.2) is 9.59 Å². The fraction of sp³-hybridized carbons (Fsp3) is 0.800. The van der Waals surface area contributed by atoms with Gasteiger partial charge < -0.3 is 15.0 Å². The van der Waals surface area contributed by atoms with Crippen LogP contribution in [0.1, 0.15) is 47.5 Å². The molecule has 124 valence electrons. The number of hydrogen-bond donors (Lipinski definition) is 1. The molecule has 0 aliphatic carbocycles. The van der Waals surface area contributed by atoms with Gasteiger partial charge in [-0.3, -0.25) is 9.69 Å². The smallest absolute Gasteiger partial charge is 0.410 e. The highest BCUT2D eigenvalue weighted by atomic mass is 16.6. The molecule has 22 heavy (non-hydrogen) atoms. The fourth-order valence-electron chi connectivity index (χ4n) is 2.76. The molecule has 2 heterocycles. The van der Waals surface area contributed by atoms with Crippen LogP contribution in [0, 0.1) is 0 Å². The van der Waals surface area contributed by atoms with Gasteiger partial charge in [0.1, 0.15) is 11.1 Å². The number of hydrogen-bond acceptors (Lipinski definition) is 4. The summed E-state index contributed by atoms with van der Waals surface area (Å²) in [5.74, 6) is -0.242. The molecule has 0 bridgehead atoms. The number of nitrogens with one attached hydrogen (secondary N) is 1. The number of piperidine rings is 1. The van der Waals surface area contributed by atoms with Crippen molar-refractivity contribution in [3.8, 4) is 0 Å². The van der Waals surface area contributed by atoms with E-state index in [1.165, 1.54) is 4.90 Å². The van der Waals surface area contributed by atoms with Crippen LogP contribution in [-0.4, -0.2) is 58.1 Å². The molecule has 0 spiro atoms. The van der Waals surface area contributed by atoms with Crippen LogP contribution in [-0.2, 0) is 9.53 Å². The average molecular weight is 311 g/mol. The summed E-state index contributed by atoms with van der Waals surface area (Å²) in [5, 5.41) is 2.68. The summed E-state index contributed by atoms with van der Waals surface area (Å²) in [6.07, 6.45) is 1.04. The Morgan fingerprint density at radius 3 is 2.45 bits per heavy atom. The van der Waals surface area contributed by atoms with E-state index in [0.717, 1.165) is 6.42 Å². The lowest BCUT2D eigenvalue weighted by molar-refractivity contribution is -0.132. The number of likely N-dealkylation sites (tertiary alicyclic amines) is 1. The number of nitrogens with zero attached hydrogens (tertiary/aromatic N) is 2. The molecular weight excluding hydrogens is 286 g/mol. The third kappa shape index (κ3) is 3.34. The second kappa shape index (κ2) is 5.44. The molecule has 1 unspecified atom stereocenters. The van der Waals surface area contributed by atoms with Crippen LogP contribution in [0.25, 0.3) is 0 Å². The fourth-order valence-corrected chi connectivity index (χ4v) is 2.76. The molecule has 2 fully saturated rings. The summed E-state index contributed by atoms with van der Waals surface area (Å²) < 4.78 is 5.37. The molecule has 4 amide bonds. The zero-order valence-corrected chi connectivity index (χ0v) is 13.9. The van der Waals surface area contributed by atoms with Crippen molar-refractivity contribution in [1.29, 1.82) is 0 Å². The zero-order chi connectivity index (χ0) is 16.7. The van der Waals surface area contributed by atoms with Crippen molar-refractivity contribution in [2.75, 3.05) is 13.1 Å². The number of amides is 4. The van der Waals surface area contributed by atoms with Crippen LogP contribution >= 0.6 is 0 Å². The average Bonchev–Trinajstić information content (AvgIpc) is 2.56. The van der Waals surface area contributed by atoms with Gasteiger partial charge in [0, 0.05) is 13.1 Å². The largest absolute Gasteiger partial charge is 0.444 e. The van der Waals surface area contributed by atoms with Gasteiger partial charge in [-0.05, 0) is 47.5 Å². The Labute approximate surface area is 131 Å². The highest BCUT2D eigenvalue weighted by Crippen LogP contribution is 2.25. The molecule has 7 heteroatoms. The van der Waals surface area contributed by atoms with E-state index in [1.807, 2.05) is 20.8 Å². The Kier molecular flexibility index (Phi) is 4.10. The standard InChI is InChI=1S/C15H25N3O4/c1-14(2,3)22-13(21)17-8-6-7-10(9-17)18-11(19)15(4,5)16-12(18)20/h10H,6-9H2,1-5H3,(H,16,20). The molecule has 0 aromatic rings. The Hall–Kier alpha value is -1.79. The summed E-state index contributed by atoms with van der Waals surface area (Å²) in [7, 11) is 0. The van der Waals surface area contributed by atoms with Crippen molar-refractivity contribution in [3.63, 3.8) is 0 Å². The second-order valence-corrected chi connectivity index (χ2v) is 7.45. The molecule has 1 atom stereocenters. The minimum atomic E-state index is -0.884. The van der Waals surface area contributed by atoms with Crippen molar-refractivity contribution in [2.45, 2.75) is 64.6 Å². The van der Waals surface area contributed by atoms with E-state index in [-0.39, 0.29) is 18.0 Å². The molecule has 2 aliphatic heterocycles. The van der Waals surface area contributed by atoms with Crippen LogP contribution in [0.3, 0.4) is 0 Å². The monoisotopic (exact) mass is 311 g/mol. The van der Waals surface area contributed by atoms with E-state index in [0.29, 0.717) is 19.5 Å². The van der Waals surface area contributed by atoms with Gasteiger partial charge in [0.05, 0.1) is 6.04 Å². The SMILES string of the molecule is CC(C)(C)OC(=O)N1CCCC(N2C(=O)NC(C)(C)C2=O)C1. The summed E-state index contributed by atoms with van der Waals surface area (Å²) in [6, 6.07) is -0.679. The first-order chi connectivity index (χ1) is 10.0. The van der Waals surface area contributed by atoms with Gasteiger partial charge in [0.15, 0.2) is 0 Å². The lowest BCUT2D eigenvalue weighted by Gasteiger charge is -2.37. The number of ether oxygens (including phenoxy) is 1. The first-order valence-corrected chi connectivity index (χ1v) is 7.65. The van der Waals surface area contributed by atoms with Crippen molar-refractivity contribution >= 4 is 18.0 Å². The predicted molar refractivity (Wildman–Crippen MR) is 80.3 cm³/mol. The number of carbonyl (C=O) groups is 3. The van der Waals surface area contributed by atoms with E-state index in [4.69, 9.17) is 4.74 Å². The second-order valence-electron chi connectivity index (χ2n) is 7.45. The molecule has 0 aromatic heterocycles. The zero-order valence-electron chi connectivity index (χ0n) is 13.9. The van der Waals surface area contributed by atoms with Gasteiger partial charge in [-0.1, -0.05) is 0 Å². The van der Waals surface area contributed by atoms with E-state index in [9.17, 15) is 14.4 Å². The minimum Gasteiger partial charge on any atom is -0.444 e. The first-order valence-electron chi connectivity index (χ1n) is 7.65. The summed E-state index contributed by atoms with van der Waals surface area (Å²) >= 11 is 0. The topological polar surface area (TPSA) is 79.0 Å². The van der Waals surface area contributed by atoms with Crippen LogP contribution in [0.15, 0.2) is 0 Å². The lowest BCUT2D eigenvalue weighted by atomic mass is 10.0. The Balaban J connectivity index is 2.07. The maximum Gasteiger partial charge on any atom is 0.410 e. The molecule has 2 rings (SSSR count). The normalized spacial score (nSPS) is 25.2. The Morgan fingerprint density at radius 2 is 1.95 bits per heavy atom. The Bertz CT molecular complexity index is 496. The van der Waals surface area contributed by atoms with Crippen molar-refractivity contribution in [3.05, 3.63) is 0 Å². The van der Waals surface area contributed by atoms with Gasteiger partial charge in [-0.15, -0.1) is 0 Å². The highest BCUT2D eigenvalue weighted by Gasteiger charge is 2.48. The van der Waals surface area contributed by atoms with Crippen LogP contribution in [0.5, 0.6) is 0 Å². The van der Waals surface area contributed by atoms with Crippen LogP contribution in [0.4, 0.5) is 9.59 Å². The highest BCUT2D eigenvalue weighted by molar-refractivity contribution is 6.06. The lowest BCUT2D eigenvalue weighted by Crippen LogP contribution is -2.53. The molecule has 2 aliphatic rings. The van der Waals surface area contributed by atoms with Crippen molar-refractivity contribution < 1.29 is 19.1 Å². The third-order valence-corrected chi connectivity index (χ3v) is 3.81. The van der Waals surface area contributed by atoms with Crippen LogP contribution < -0.4 is 5.32 Å². The van der Waals surface area contributed by atoms with E-state index in [2.05, 4.69) is 5.32 Å². The third-order valence-electron chi connectivity index (χ3n) is 3.81. The number of imide groups is 1. The predicted octanol–water partition coefficient (Wildman–Crippen LogP) is 1.72. The number of urea groups is 1. The molecule has 1 N–H and O–H groups in total. The van der Waals surface area contributed by atoms with Crippen LogP contribution in [0.2, 0.25) is 0 Å². The molecule has 7 nitrogen and oxygen atoms in total. The maximum atomic E-state index is 12.3. The molecule has 2 saturated heterocycles. The summed E-state index contributed by atoms with van der Waals surface area (Å²) in [5.41, 5.74) is -1.45. The Morgan fingerprint density at radius 1 is 1.32 bits per heavy atom. The quantitative estimate of drug-likeness (QED) is 0.748. The number of rotatable bonds is 1. The van der Waals surface area contributed by atoms with Crippen molar-refractivity contribution in [2.24, 2.45) is 0 Å². The first kappa shape index (κ1) is 16.6. The van der Waals surface area contributed by atoms with Gasteiger partial charge in [0.25, 0.3) is 5.91 Å².